The van der Waals surface area contributed by atoms with Crippen molar-refractivity contribution in [2.75, 3.05) is 0 Å². The van der Waals surface area contributed by atoms with Crippen molar-refractivity contribution in [2.45, 2.75) is 18.9 Å². The van der Waals surface area contributed by atoms with Crippen molar-refractivity contribution >= 4 is 11.9 Å². The minimum Gasteiger partial charge on any atom is -0.480 e. The van der Waals surface area contributed by atoms with E-state index >= 15 is 0 Å². The first-order chi connectivity index (χ1) is 10.6. The second-order valence-corrected chi connectivity index (χ2v) is 5.16. The van der Waals surface area contributed by atoms with Crippen LogP contribution in [0.2, 0.25) is 0 Å². The smallest absolute Gasteiger partial charge is 0.326 e. The molecular formula is C16H15NO5. The molecule has 1 fully saturated rings. The summed E-state index contributed by atoms with van der Waals surface area (Å²) in [4.78, 5) is 23.2. The number of hydrogen-bond acceptors (Lipinski definition) is 4. The van der Waals surface area contributed by atoms with E-state index in [1.807, 2.05) is 18.2 Å². The van der Waals surface area contributed by atoms with Crippen LogP contribution in [-0.2, 0) is 4.79 Å². The maximum atomic E-state index is 12.0. The van der Waals surface area contributed by atoms with Crippen molar-refractivity contribution in [1.29, 1.82) is 0 Å². The summed E-state index contributed by atoms with van der Waals surface area (Å²) in [5.74, 6) is -0.778. The average Bonchev–Trinajstić information content (AvgIpc) is 3.24. The molecule has 1 aliphatic carbocycles. The number of carbonyl (C=O) groups is 2. The molecule has 114 valence electrons. The van der Waals surface area contributed by atoms with Crippen LogP contribution >= 0.6 is 0 Å². The Morgan fingerprint density at radius 1 is 1.18 bits per heavy atom. The fraction of sp³-hybridized carbons (Fsp3) is 0.250. The number of amides is 1. The SMILES string of the molecule is O=C(NC(C(=O)O)C1CC1)c1ccc(Oc2ccccc2)o1. The zero-order valence-corrected chi connectivity index (χ0v) is 11.7. The van der Waals surface area contributed by atoms with Crippen LogP contribution in [0.5, 0.6) is 11.7 Å². The molecule has 22 heavy (non-hydrogen) atoms. The Hall–Kier alpha value is -2.76. The third-order valence-corrected chi connectivity index (χ3v) is 3.41. The zero-order valence-electron chi connectivity index (χ0n) is 11.7. The Morgan fingerprint density at radius 2 is 1.91 bits per heavy atom. The van der Waals surface area contributed by atoms with E-state index in [0.29, 0.717) is 5.75 Å². The maximum Gasteiger partial charge on any atom is 0.326 e. The quantitative estimate of drug-likeness (QED) is 0.856. The molecule has 0 saturated heterocycles. The van der Waals surface area contributed by atoms with Crippen LogP contribution in [0.1, 0.15) is 23.4 Å². The maximum absolute atomic E-state index is 12.0. The second kappa shape index (κ2) is 5.93. The number of carboxylic acids is 1. The number of rotatable bonds is 6. The molecule has 6 heteroatoms. The Balaban J connectivity index is 1.65. The van der Waals surface area contributed by atoms with E-state index < -0.39 is 17.9 Å². The normalized spacial score (nSPS) is 15.1. The molecule has 0 aliphatic heterocycles. The first-order valence-corrected chi connectivity index (χ1v) is 7.00. The summed E-state index contributed by atoms with van der Waals surface area (Å²) in [6, 6.07) is 11.1. The standard InChI is InChI=1S/C16H15NO5/c18-15(17-14(16(19)20)10-6-7-10)12-8-9-13(22-12)21-11-4-2-1-3-5-11/h1-5,8-10,14H,6-7H2,(H,17,18)(H,19,20). The average molecular weight is 301 g/mol. The lowest BCUT2D eigenvalue weighted by molar-refractivity contribution is -0.139. The van der Waals surface area contributed by atoms with E-state index in [1.165, 1.54) is 12.1 Å². The van der Waals surface area contributed by atoms with Gasteiger partial charge < -0.3 is 19.6 Å². The first-order valence-electron chi connectivity index (χ1n) is 7.00. The highest BCUT2D eigenvalue weighted by Crippen LogP contribution is 2.33. The molecule has 1 aromatic carbocycles. The van der Waals surface area contributed by atoms with Crippen molar-refractivity contribution in [2.24, 2.45) is 5.92 Å². The van der Waals surface area contributed by atoms with Crippen LogP contribution in [0.25, 0.3) is 0 Å². The molecule has 3 rings (SSSR count). The Labute approximate surface area is 126 Å². The third kappa shape index (κ3) is 3.28. The van der Waals surface area contributed by atoms with Crippen molar-refractivity contribution in [3.05, 3.63) is 48.2 Å². The number of carbonyl (C=O) groups excluding carboxylic acids is 1. The van der Waals surface area contributed by atoms with Crippen LogP contribution in [0.3, 0.4) is 0 Å². The topological polar surface area (TPSA) is 88.8 Å². The Morgan fingerprint density at radius 3 is 2.55 bits per heavy atom. The molecule has 1 heterocycles. The minimum absolute atomic E-state index is 0.0106. The van der Waals surface area contributed by atoms with Crippen molar-refractivity contribution in [3.63, 3.8) is 0 Å². The summed E-state index contributed by atoms with van der Waals surface area (Å²) < 4.78 is 10.8. The van der Waals surface area contributed by atoms with E-state index in [1.54, 1.807) is 12.1 Å². The second-order valence-electron chi connectivity index (χ2n) is 5.16. The van der Waals surface area contributed by atoms with Crippen LogP contribution in [0.15, 0.2) is 46.9 Å². The van der Waals surface area contributed by atoms with Gasteiger partial charge in [-0.25, -0.2) is 4.79 Å². The van der Waals surface area contributed by atoms with Crippen molar-refractivity contribution < 1.29 is 23.8 Å². The number of nitrogens with one attached hydrogen (secondary N) is 1. The predicted molar refractivity (Wildman–Crippen MR) is 76.8 cm³/mol. The molecule has 0 spiro atoms. The minimum atomic E-state index is -1.02. The van der Waals surface area contributed by atoms with Gasteiger partial charge >= 0.3 is 5.97 Å². The number of hydrogen-bond donors (Lipinski definition) is 2. The first kappa shape index (κ1) is 14.2. The van der Waals surface area contributed by atoms with Gasteiger partial charge in [0.25, 0.3) is 11.9 Å². The number of benzene rings is 1. The van der Waals surface area contributed by atoms with Crippen molar-refractivity contribution in [3.8, 4) is 11.7 Å². The number of furan rings is 1. The summed E-state index contributed by atoms with van der Waals surface area (Å²) in [7, 11) is 0. The summed E-state index contributed by atoms with van der Waals surface area (Å²) >= 11 is 0. The van der Waals surface area contributed by atoms with Gasteiger partial charge in [-0.2, -0.15) is 0 Å². The molecule has 1 amide bonds. The molecule has 1 saturated carbocycles. The number of ether oxygens (including phenoxy) is 1. The fourth-order valence-corrected chi connectivity index (χ4v) is 2.12. The summed E-state index contributed by atoms with van der Waals surface area (Å²) in [6.45, 7) is 0. The van der Waals surface area contributed by atoms with E-state index in [9.17, 15) is 9.59 Å². The highest BCUT2D eigenvalue weighted by atomic mass is 16.6. The van der Waals surface area contributed by atoms with E-state index in [2.05, 4.69) is 5.32 Å². The van der Waals surface area contributed by atoms with Gasteiger partial charge in [0, 0.05) is 6.07 Å². The zero-order chi connectivity index (χ0) is 15.5. The summed E-state index contributed by atoms with van der Waals surface area (Å²) in [6.07, 6.45) is 1.63. The van der Waals surface area contributed by atoms with Crippen LogP contribution in [-0.4, -0.2) is 23.0 Å². The lowest BCUT2D eigenvalue weighted by Crippen LogP contribution is -2.42. The highest BCUT2D eigenvalue weighted by Gasteiger charge is 2.37. The van der Waals surface area contributed by atoms with Crippen LogP contribution < -0.4 is 10.1 Å². The van der Waals surface area contributed by atoms with Gasteiger partial charge in [0.1, 0.15) is 11.8 Å². The Bertz CT molecular complexity index is 675. The molecule has 1 aliphatic rings. The molecule has 1 unspecified atom stereocenters. The fourth-order valence-electron chi connectivity index (χ4n) is 2.12. The third-order valence-electron chi connectivity index (χ3n) is 3.41. The van der Waals surface area contributed by atoms with Crippen LogP contribution in [0, 0.1) is 5.92 Å². The van der Waals surface area contributed by atoms with E-state index in [0.717, 1.165) is 12.8 Å². The predicted octanol–water partition coefficient (Wildman–Crippen LogP) is 2.66. The molecule has 1 atom stereocenters. The molecule has 1 aromatic heterocycles. The van der Waals surface area contributed by atoms with Gasteiger partial charge in [0.15, 0.2) is 5.76 Å². The van der Waals surface area contributed by atoms with Gasteiger partial charge in [-0.1, -0.05) is 18.2 Å². The monoisotopic (exact) mass is 301 g/mol. The molecule has 6 nitrogen and oxygen atoms in total. The molecule has 2 aromatic rings. The van der Waals surface area contributed by atoms with E-state index in [4.69, 9.17) is 14.3 Å². The van der Waals surface area contributed by atoms with Gasteiger partial charge in [-0.3, -0.25) is 4.79 Å². The van der Waals surface area contributed by atoms with Crippen LogP contribution in [0.4, 0.5) is 0 Å². The van der Waals surface area contributed by atoms with Crippen molar-refractivity contribution in [1.82, 2.24) is 5.32 Å². The number of para-hydroxylation sites is 1. The summed E-state index contributed by atoms with van der Waals surface area (Å²) in [5.41, 5.74) is 0. The van der Waals surface area contributed by atoms with Gasteiger partial charge in [0.05, 0.1) is 0 Å². The largest absolute Gasteiger partial charge is 0.480 e. The lowest BCUT2D eigenvalue weighted by Gasteiger charge is -2.12. The number of carboxylic acid groups (broad SMARTS) is 1. The number of aliphatic carboxylic acids is 1. The lowest BCUT2D eigenvalue weighted by atomic mass is 10.2. The molecule has 0 bridgehead atoms. The summed E-state index contributed by atoms with van der Waals surface area (Å²) in [5, 5.41) is 11.6. The molecule has 0 radical (unpaired) electrons. The molecular weight excluding hydrogens is 286 g/mol. The van der Waals surface area contributed by atoms with E-state index in [-0.39, 0.29) is 17.6 Å². The Kier molecular flexibility index (Phi) is 3.82. The van der Waals surface area contributed by atoms with Gasteiger partial charge in [-0.05, 0) is 37.0 Å². The highest BCUT2D eigenvalue weighted by molar-refractivity contribution is 5.94. The molecule has 2 N–H and O–H groups in total. The van der Waals surface area contributed by atoms with Gasteiger partial charge in [0.2, 0.25) is 0 Å². The van der Waals surface area contributed by atoms with Gasteiger partial charge in [-0.15, -0.1) is 0 Å².